The SMILES string of the molecule is COc1cc(/N=N/c2ccc(OC(C)O)cc2)c(OC)cc1N. The molecule has 0 saturated heterocycles. The predicted octanol–water partition coefficient (Wildman–Crippen LogP) is 3.42. The van der Waals surface area contributed by atoms with Gasteiger partial charge in [-0.3, -0.25) is 0 Å². The van der Waals surface area contributed by atoms with Gasteiger partial charge in [0, 0.05) is 12.1 Å². The van der Waals surface area contributed by atoms with Crippen LogP contribution in [0.1, 0.15) is 6.92 Å². The third-order valence-electron chi connectivity index (χ3n) is 2.95. The molecule has 0 saturated carbocycles. The molecule has 0 fully saturated rings. The number of rotatable bonds is 6. The zero-order chi connectivity index (χ0) is 16.8. The second-order valence-electron chi connectivity index (χ2n) is 4.68. The summed E-state index contributed by atoms with van der Waals surface area (Å²) in [4.78, 5) is 0. The maximum Gasteiger partial charge on any atom is 0.194 e. The highest BCUT2D eigenvalue weighted by atomic mass is 16.6. The smallest absolute Gasteiger partial charge is 0.194 e. The molecule has 2 rings (SSSR count). The van der Waals surface area contributed by atoms with Gasteiger partial charge in [-0.25, -0.2) is 0 Å². The standard InChI is InChI=1S/C16H19N3O4/c1-10(20)23-12-6-4-11(5-7-12)18-19-14-9-15(21-2)13(17)8-16(14)22-3/h4-10,20H,17H2,1-3H3/b19-18+. The molecule has 2 aromatic carbocycles. The lowest BCUT2D eigenvalue weighted by atomic mass is 10.2. The molecule has 0 spiro atoms. The number of anilines is 1. The Morgan fingerprint density at radius 2 is 1.65 bits per heavy atom. The Morgan fingerprint density at radius 1 is 1.00 bits per heavy atom. The Labute approximate surface area is 134 Å². The minimum absolute atomic E-state index is 0.461. The Kier molecular flexibility index (Phi) is 5.37. The predicted molar refractivity (Wildman–Crippen MR) is 86.9 cm³/mol. The first-order chi connectivity index (χ1) is 11.0. The van der Waals surface area contributed by atoms with Crippen molar-refractivity contribution >= 4 is 17.1 Å². The van der Waals surface area contributed by atoms with Crippen LogP contribution in [0.3, 0.4) is 0 Å². The number of methoxy groups -OCH3 is 2. The van der Waals surface area contributed by atoms with Crippen molar-refractivity contribution in [1.29, 1.82) is 0 Å². The third kappa shape index (κ3) is 4.33. The molecule has 2 aromatic rings. The molecule has 0 aliphatic rings. The van der Waals surface area contributed by atoms with Crippen molar-refractivity contribution in [2.75, 3.05) is 20.0 Å². The molecule has 3 N–H and O–H groups in total. The average molecular weight is 317 g/mol. The van der Waals surface area contributed by atoms with E-state index in [0.29, 0.717) is 34.3 Å². The number of aliphatic hydroxyl groups is 1. The van der Waals surface area contributed by atoms with Gasteiger partial charge in [0.25, 0.3) is 0 Å². The van der Waals surface area contributed by atoms with Crippen molar-refractivity contribution in [3.63, 3.8) is 0 Å². The van der Waals surface area contributed by atoms with E-state index in [0.717, 1.165) is 0 Å². The molecule has 7 heteroatoms. The summed E-state index contributed by atoms with van der Waals surface area (Å²) in [5, 5.41) is 17.5. The van der Waals surface area contributed by atoms with Crippen molar-refractivity contribution < 1.29 is 19.3 Å². The summed E-state index contributed by atoms with van der Waals surface area (Å²) in [7, 11) is 3.06. The molecule has 122 valence electrons. The fourth-order valence-electron chi connectivity index (χ4n) is 1.88. The lowest BCUT2D eigenvalue weighted by Gasteiger charge is -2.09. The second kappa shape index (κ2) is 7.46. The number of nitrogen functional groups attached to an aromatic ring is 1. The van der Waals surface area contributed by atoms with Crippen LogP contribution in [-0.4, -0.2) is 25.6 Å². The number of azo groups is 1. The third-order valence-corrected chi connectivity index (χ3v) is 2.95. The van der Waals surface area contributed by atoms with Crippen LogP contribution in [0.2, 0.25) is 0 Å². The van der Waals surface area contributed by atoms with Gasteiger partial charge in [0.05, 0.1) is 25.6 Å². The van der Waals surface area contributed by atoms with E-state index in [1.54, 1.807) is 36.4 Å². The van der Waals surface area contributed by atoms with Crippen LogP contribution in [0.15, 0.2) is 46.6 Å². The van der Waals surface area contributed by atoms with Crippen LogP contribution in [0, 0.1) is 0 Å². The fourth-order valence-corrected chi connectivity index (χ4v) is 1.88. The Balaban J connectivity index is 2.22. The van der Waals surface area contributed by atoms with Crippen LogP contribution >= 0.6 is 0 Å². The largest absolute Gasteiger partial charge is 0.495 e. The lowest BCUT2D eigenvalue weighted by molar-refractivity contribution is -0.000283. The number of benzene rings is 2. The molecule has 0 aliphatic carbocycles. The molecule has 0 amide bonds. The van der Waals surface area contributed by atoms with Crippen molar-refractivity contribution in [3.8, 4) is 17.2 Å². The van der Waals surface area contributed by atoms with Crippen LogP contribution in [0.5, 0.6) is 17.2 Å². The number of nitrogens with zero attached hydrogens (tertiary/aromatic N) is 2. The van der Waals surface area contributed by atoms with E-state index >= 15 is 0 Å². The van der Waals surface area contributed by atoms with Gasteiger partial charge >= 0.3 is 0 Å². The first kappa shape index (κ1) is 16.6. The fraction of sp³-hybridized carbons (Fsp3) is 0.250. The van der Waals surface area contributed by atoms with E-state index in [-0.39, 0.29) is 0 Å². The van der Waals surface area contributed by atoms with Gasteiger partial charge in [-0.1, -0.05) is 0 Å². The molecule has 0 radical (unpaired) electrons. The van der Waals surface area contributed by atoms with Gasteiger partial charge in [-0.05, 0) is 31.2 Å². The lowest BCUT2D eigenvalue weighted by Crippen LogP contribution is -2.09. The van der Waals surface area contributed by atoms with Crippen LogP contribution in [-0.2, 0) is 0 Å². The first-order valence-corrected chi connectivity index (χ1v) is 6.91. The van der Waals surface area contributed by atoms with Crippen LogP contribution in [0.25, 0.3) is 0 Å². The zero-order valence-corrected chi connectivity index (χ0v) is 13.2. The zero-order valence-electron chi connectivity index (χ0n) is 13.2. The Hall–Kier alpha value is -2.80. The summed E-state index contributed by atoms with van der Waals surface area (Å²) < 4.78 is 15.6. The number of hydrogen-bond acceptors (Lipinski definition) is 7. The molecule has 0 heterocycles. The Morgan fingerprint density at radius 3 is 2.22 bits per heavy atom. The number of nitrogens with two attached hydrogens (primary N) is 1. The maximum atomic E-state index is 9.16. The summed E-state index contributed by atoms with van der Waals surface area (Å²) in [6, 6.07) is 10.1. The van der Waals surface area contributed by atoms with Crippen molar-refractivity contribution in [2.24, 2.45) is 10.2 Å². The quantitative estimate of drug-likeness (QED) is 0.483. The van der Waals surface area contributed by atoms with Crippen LogP contribution < -0.4 is 19.9 Å². The van der Waals surface area contributed by atoms with E-state index in [1.807, 2.05) is 0 Å². The summed E-state index contributed by atoms with van der Waals surface area (Å²) in [5.41, 5.74) is 7.42. The summed E-state index contributed by atoms with van der Waals surface area (Å²) in [6.07, 6.45) is -0.867. The molecule has 1 unspecified atom stereocenters. The second-order valence-corrected chi connectivity index (χ2v) is 4.68. The van der Waals surface area contributed by atoms with Gasteiger partial charge in [-0.15, -0.1) is 5.11 Å². The van der Waals surface area contributed by atoms with Crippen molar-refractivity contribution in [1.82, 2.24) is 0 Å². The summed E-state index contributed by atoms with van der Waals surface area (Å²) >= 11 is 0. The summed E-state index contributed by atoms with van der Waals surface area (Å²) in [5.74, 6) is 1.55. The normalized spacial score (nSPS) is 12.2. The maximum absolute atomic E-state index is 9.16. The summed E-state index contributed by atoms with van der Waals surface area (Å²) in [6.45, 7) is 1.54. The minimum Gasteiger partial charge on any atom is -0.495 e. The molecule has 7 nitrogen and oxygen atoms in total. The molecule has 0 aromatic heterocycles. The van der Waals surface area contributed by atoms with Gasteiger partial charge in [-0.2, -0.15) is 5.11 Å². The number of hydrogen-bond donors (Lipinski definition) is 2. The molecule has 0 bridgehead atoms. The minimum atomic E-state index is -0.867. The van der Waals surface area contributed by atoms with Gasteiger partial charge in [0.2, 0.25) is 0 Å². The van der Waals surface area contributed by atoms with Crippen LogP contribution in [0.4, 0.5) is 17.1 Å². The topological polar surface area (TPSA) is 98.7 Å². The van der Waals surface area contributed by atoms with Gasteiger partial charge in [0.15, 0.2) is 6.29 Å². The van der Waals surface area contributed by atoms with E-state index in [4.69, 9.17) is 25.1 Å². The van der Waals surface area contributed by atoms with Crippen molar-refractivity contribution in [2.45, 2.75) is 13.2 Å². The van der Waals surface area contributed by atoms with Gasteiger partial charge in [0.1, 0.15) is 22.9 Å². The molecule has 23 heavy (non-hydrogen) atoms. The molecule has 1 atom stereocenters. The number of aliphatic hydroxyl groups excluding tert-OH is 1. The highest BCUT2D eigenvalue weighted by Gasteiger charge is 2.08. The first-order valence-electron chi connectivity index (χ1n) is 6.91. The van der Waals surface area contributed by atoms with E-state index < -0.39 is 6.29 Å². The van der Waals surface area contributed by atoms with Crippen molar-refractivity contribution in [3.05, 3.63) is 36.4 Å². The van der Waals surface area contributed by atoms with E-state index in [1.165, 1.54) is 21.1 Å². The van der Waals surface area contributed by atoms with E-state index in [9.17, 15) is 0 Å². The molecular weight excluding hydrogens is 298 g/mol. The Bertz CT molecular complexity index is 684. The van der Waals surface area contributed by atoms with Gasteiger partial charge < -0.3 is 25.1 Å². The molecular formula is C16H19N3O4. The monoisotopic (exact) mass is 317 g/mol. The average Bonchev–Trinajstić information content (AvgIpc) is 2.54. The highest BCUT2D eigenvalue weighted by molar-refractivity contribution is 5.66. The highest BCUT2D eigenvalue weighted by Crippen LogP contribution is 2.37. The molecule has 0 aliphatic heterocycles. The van der Waals surface area contributed by atoms with E-state index in [2.05, 4.69) is 10.2 Å². The number of ether oxygens (including phenoxy) is 3.